The third-order valence-electron chi connectivity index (χ3n) is 2.17. The molecule has 1 amide bonds. The lowest BCUT2D eigenvalue weighted by atomic mass is 9.94. The fourth-order valence-electron chi connectivity index (χ4n) is 1.16. The van der Waals surface area contributed by atoms with Crippen LogP contribution in [0.4, 0.5) is 4.79 Å². The normalized spacial score (nSPS) is 13.1. The largest absolute Gasteiger partial charge is 0.452 e. The van der Waals surface area contributed by atoms with Crippen LogP contribution in [-0.4, -0.2) is 41.4 Å². The summed E-state index contributed by atoms with van der Waals surface area (Å²) in [6.07, 6.45) is -1.03. The summed E-state index contributed by atoms with van der Waals surface area (Å²) in [5.41, 5.74) is -0.335. The number of hydrogen-bond donors (Lipinski definition) is 2. The molecule has 0 heterocycles. The summed E-state index contributed by atoms with van der Waals surface area (Å²) in [4.78, 5) is 10.9. The molecular formula is C12H26N2O5S. The molecule has 0 aliphatic rings. The maximum absolute atomic E-state index is 11.5. The predicted octanol–water partition coefficient (Wildman–Crippen LogP) is 1.27. The second kappa shape index (κ2) is 7.24. The van der Waals surface area contributed by atoms with Gasteiger partial charge in [-0.15, -0.1) is 0 Å². The zero-order chi connectivity index (χ0) is 16.0. The van der Waals surface area contributed by atoms with Crippen LogP contribution < -0.4 is 9.44 Å². The fourth-order valence-corrected chi connectivity index (χ4v) is 2.12. The molecule has 8 heteroatoms. The lowest BCUT2D eigenvalue weighted by Gasteiger charge is -2.27. The zero-order valence-corrected chi connectivity index (χ0v) is 13.9. The van der Waals surface area contributed by atoms with Crippen molar-refractivity contribution in [2.75, 3.05) is 26.9 Å². The summed E-state index contributed by atoms with van der Waals surface area (Å²) in [6.45, 7) is 11.1. The van der Waals surface area contributed by atoms with E-state index in [1.807, 2.05) is 13.8 Å². The Morgan fingerprint density at radius 2 is 1.65 bits per heavy atom. The summed E-state index contributed by atoms with van der Waals surface area (Å²) in [5.74, 6) is 0. The molecule has 0 fully saturated rings. The van der Waals surface area contributed by atoms with Crippen LogP contribution in [0, 0.1) is 10.8 Å². The Balaban J connectivity index is 4.24. The highest BCUT2D eigenvalue weighted by Crippen LogP contribution is 2.18. The summed E-state index contributed by atoms with van der Waals surface area (Å²) in [6, 6.07) is 0. The van der Waals surface area contributed by atoms with E-state index in [1.54, 1.807) is 4.72 Å². The molecular weight excluding hydrogens is 284 g/mol. The van der Waals surface area contributed by atoms with Crippen molar-refractivity contribution in [2.24, 2.45) is 10.8 Å². The molecule has 0 aliphatic carbocycles. The Morgan fingerprint density at radius 1 is 1.10 bits per heavy atom. The molecule has 0 unspecified atom stereocenters. The summed E-state index contributed by atoms with van der Waals surface area (Å²) in [7, 11) is -2.82. The van der Waals surface area contributed by atoms with E-state index in [4.69, 9.17) is 4.74 Å². The lowest BCUT2D eigenvalue weighted by molar-refractivity contribution is 0.0230. The third-order valence-corrected chi connectivity index (χ3v) is 3.13. The molecule has 20 heavy (non-hydrogen) atoms. The standard InChI is InChI=1S/C12H26N2O5S/c1-11(2,3)8-19-9-12(4,5)7-13-20(16,17)14-10(15)18-6/h13H,7-9H2,1-6H3,(H,14,15). The van der Waals surface area contributed by atoms with Crippen LogP contribution in [0.3, 0.4) is 0 Å². The number of carbonyl (C=O) groups is 1. The first-order valence-corrected chi connectivity index (χ1v) is 7.78. The molecule has 0 aromatic heterocycles. The number of amides is 1. The Hall–Kier alpha value is -0.860. The molecule has 2 N–H and O–H groups in total. The minimum Gasteiger partial charge on any atom is -0.452 e. The van der Waals surface area contributed by atoms with Crippen molar-refractivity contribution < 1.29 is 22.7 Å². The number of nitrogens with one attached hydrogen (secondary N) is 2. The van der Waals surface area contributed by atoms with Gasteiger partial charge in [0.05, 0.1) is 20.3 Å². The topological polar surface area (TPSA) is 93.7 Å². The van der Waals surface area contributed by atoms with Crippen molar-refractivity contribution >= 4 is 16.3 Å². The summed E-state index contributed by atoms with van der Waals surface area (Å²) < 4.78 is 36.9. The number of carbonyl (C=O) groups excluding carboxylic acids is 1. The van der Waals surface area contributed by atoms with Gasteiger partial charge in [-0.3, -0.25) is 0 Å². The zero-order valence-electron chi connectivity index (χ0n) is 13.1. The van der Waals surface area contributed by atoms with E-state index in [2.05, 4.69) is 30.2 Å². The first-order valence-electron chi connectivity index (χ1n) is 6.30. The Bertz CT molecular complexity index is 412. The van der Waals surface area contributed by atoms with Crippen molar-refractivity contribution in [1.29, 1.82) is 0 Å². The molecule has 0 bridgehead atoms. The van der Waals surface area contributed by atoms with Crippen LogP contribution in [0.25, 0.3) is 0 Å². The molecule has 0 radical (unpaired) electrons. The van der Waals surface area contributed by atoms with Crippen LogP contribution in [0.2, 0.25) is 0 Å². The molecule has 0 aromatic carbocycles. The SMILES string of the molecule is COC(=O)NS(=O)(=O)NCC(C)(C)COCC(C)(C)C. The summed E-state index contributed by atoms with van der Waals surface area (Å²) in [5, 5.41) is 0. The number of rotatable bonds is 7. The van der Waals surface area contributed by atoms with Gasteiger partial charge in [0.25, 0.3) is 0 Å². The van der Waals surface area contributed by atoms with E-state index < -0.39 is 21.7 Å². The Morgan fingerprint density at radius 3 is 2.10 bits per heavy atom. The molecule has 7 nitrogen and oxygen atoms in total. The minimum atomic E-state index is -3.91. The average Bonchev–Trinajstić information content (AvgIpc) is 2.24. The number of hydrogen-bond acceptors (Lipinski definition) is 5. The van der Waals surface area contributed by atoms with E-state index in [0.717, 1.165) is 7.11 Å². The first-order chi connectivity index (χ1) is 8.87. The smallest absolute Gasteiger partial charge is 0.421 e. The maximum atomic E-state index is 11.5. The van der Waals surface area contributed by atoms with Crippen LogP contribution in [0.15, 0.2) is 0 Å². The molecule has 0 atom stereocenters. The van der Waals surface area contributed by atoms with E-state index in [0.29, 0.717) is 13.2 Å². The van der Waals surface area contributed by atoms with E-state index in [-0.39, 0.29) is 12.0 Å². The minimum absolute atomic E-state index is 0.0576. The van der Waals surface area contributed by atoms with Gasteiger partial charge >= 0.3 is 16.3 Å². The molecule has 120 valence electrons. The molecule has 0 rings (SSSR count). The monoisotopic (exact) mass is 310 g/mol. The van der Waals surface area contributed by atoms with Crippen molar-refractivity contribution in [3.8, 4) is 0 Å². The molecule has 0 saturated carbocycles. The van der Waals surface area contributed by atoms with Gasteiger partial charge in [0.1, 0.15) is 0 Å². The van der Waals surface area contributed by atoms with Gasteiger partial charge < -0.3 is 9.47 Å². The van der Waals surface area contributed by atoms with Gasteiger partial charge in [-0.2, -0.15) is 13.1 Å². The molecule has 0 spiro atoms. The highest BCUT2D eigenvalue weighted by molar-refractivity contribution is 7.88. The second-order valence-electron chi connectivity index (χ2n) is 6.64. The number of methoxy groups -OCH3 is 1. The molecule has 0 aromatic rings. The Kier molecular flexibility index (Phi) is 6.92. The van der Waals surface area contributed by atoms with Crippen molar-refractivity contribution in [3.63, 3.8) is 0 Å². The molecule has 0 saturated heterocycles. The van der Waals surface area contributed by atoms with Crippen LogP contribution in [0.1, 0.15) is 34.6 Å². The quantitative estimate of drug-likeness (QED) is 0.738. The van der Waals surface area contributed by atoms with Gasteiger partial charge in [-0.05, 0) is 5.41 Å². The van der Waals surface area contributed by atoms with Gasteiger partial charge in [-0.25, -0.2) is 9.52 Å². The lowest BCUT2D eigenvalue weighted by Crippen LogP contribution is -2.45. The highest BCUT2D eigenvalue weighted by atomic mass is 32.2. The van der Waals surface area contributed by atoms with Crippen molar-refractivity contribution in [3.05, 3.63) is 0 Å². The van der Waals surface area contributed by atoms with Crippen LogP contribution >= 0.6 is 0 Å². The summed E-state index contributed by atoms with van der Waals surface area (Å²) >= 11 is 0. The third kappa shape index (κ3) is 9.99. The van der Waals surface area contributed by atoms with Crippen LogP contribution in [0.5, 0.6) is 0 Å². The predicted molar refractivity (Wildman–Crippen MR) is 76.5 cm³/mol. The van der Waals surface area contributed by atoms with Crippen molar-refractivity contribution in [1.82, 2.24) is 9.44 Å². The second-order valence-corrected chi connectivity index (χ2v) is 8.14. The Labute approximate surface area is 121 Å². The van der Waals surface area contributed by atoms with Gasteiger partial charge in [0.15, 0.2) is 0 Å². The van der Waals surface area contributed by atoms with E-state index in [9.17, 15) is 13.2 Å². The van der Waals surface area contributed by atoms with E-state index >= 15 is 0 Å². The first kappa shape index (κ1) is 19.1. The van der Waals surface area contributed by atoms with E-state index in [1.165, 1.54) is 0 Å². The molecule has 0 aliphatic heterocycles. The van der Waals surface area contributed by atoms with Crippen LogP contribution in [-0.2, 0) is 19.7 Å². The van der Waals surface area contributed by atoms with Crippen molar-refractivity contribution in [2.45, 2.75) is 34.6 Å². The highest BCUT2D eigenvalue weighted by Gasteiger charge is 2.23. The maximum Gasteiger partial charge on any atom is 0.421 e. The van der Waals surface area contributed by atoms with Gasteiger partial charge in [0, 0.05) is 12.0 Å². The van der Waals surface area contributed by atoms with Gasteiger partial charge in [0.2, 0.25) is 0 Å². The average molecular weight is 310 g/mol. The fraction of sp³-hybridized carbons (Fsp3) is 0.917. The van der Waals surface area contributed by atoms with Gasteiger partial charge in [-0.1, -0.05) is 34.6 Å². The number of ether oxygens (including phenoxy) is 2.